The molecular weight excluding hydrogens is 275 g/mol. The summed E-state index contributed by atoms with van der Waals surface area (Å²) in [5, 5.41) is 9.15. The van der Waals surface area contributed by atoms with Crippen molar-refractivity contribution in [2.24, 2.45) is 0 Å². The molecule has 1 N–H and O–H groups in total. The van der Waals surface area contributed by atoms with Crippen LogP contribution in [0, 0.1) is 5.82 Å². The van der Waals surface area contributed by atoms with Gasteiger partial charge in [0.05, 0.1) is 19.3 Å². The maximum Gasteiger partial charge on any atom is 0.338 e. The molecule has 2 rings (SSSR count). The van der Waals surface area contributed by atoms with Gasteiger partial charge >= 0.3 is 5.97 Å². The quantitative estimate of drug-likeness (QED) is 0.860. The molecular formula is C16H15FO4. The number of methoxy groups -OCH3 is 1. The molecule has 0 amide bonds. The maximum atomic E-state index is 13.0. The van der Waals surface area contributed by atoms with Crippen molar-refractivity contribution in [2.75, 3.05) is 7.11 Å². The molecule has 0 atom stereocenters. The van der Waals surface area contributed by atoms with Crippen molar-refractivity contribution in [3.05, 3.63) is 65.0 Å². The van der Waals surface area contributed by atoms with Crippen molar-refractivity contribution in [2.45, 2.75) is 13.2 Å². The smallest absolute Gasteiger partial charge is 0.338 e. The summed E-state index contributed by atoms with van der Waals surface area (Å²) in [7, 11) is 1.57. The van der Waals surface area contributed by atoms with Gasteiger partial charge in [-0.05, 0) is 41.5 Å². The van der Waals surface area contributed by atoms with E-state index in [1.165, 1.54) is 6.07 Å². The number of carbonyl (C=O) groups is 1. The van der Waals surface area contributed by atoms with Crippen LogP contribution in [0.3, 0.4) is 0 Å². The zero-order chi connectivity index (χ0) is 15.2. The first-order valence-electron chi connectivity index (χ1n) is 6.33. The molecule has 4 nitrogen and oxygen atoms in total. The van der Waals surface area contributed by atoms with Gasteiger partial charge in [-0.2, -0.15) is 0 Å². The van der Waals surface area contributed by atoms with E-state index >= 15 is 0 Å². The minimum absolute atomic E-state index is 0.0884. The Kier molecular flexibility index (Phi) is 4.90. The Hall–Kier alpha value is -2.40. The van der Waals surface area contributed by atoms with E-state index in [0.29, 0.717) is 5.75 Å². The van der Waals surface area contributed by atoms with Gasteiger partial charge in [0.2, 0.25) is 0 Å². The number of halogens is 1. The number of rotatable bonds is 5. The van der Waals surface area contributed by atoms with Crippen LogP contribution < -0.4 is 4.74 Å². The highest BCUT2D eigenvalue weighted by Crippen LogP contribution is 2.15. The number of hydrogen-bond donors (Lipinski definition) is 1. The Morgan fingerprint density at radius 3 is 2.52 bits per heavy atom. The zero-order valence-corrected chi connectivity index (χ0v) is 11.5. The Bertz CT molecular complexity index is 623. The van der Waals surface area contributed by atoms with Gasteiger partial charge in [0.1, 0.15) is 18.2 Å². The van der Waals surface area contributed by atoms with Gasteiger partial charge in [-0.25, -0.2) is 9.18 Å². The maximum absolute atomic E-state index is 13.0. The predicted octanol–water partition coefficient (Wildman–Crippen LogP) is 2.68. The van der Waals surface area contributed by atoms with E-state index in [1.807, 2.05) is 0 Å². The molecule has 0 bridgehead atoms. The van der Waals surface area contributed by atoms with Gasteiger partial charge in [-0.15, -0.1) is 0 Å². The fraction of sp³-hybridized carbons (Fsp3) is 0.188. The highest BCUT2D eigenvalue weighted by Gasteiger charge is 2.13. The minimum atomic E-state index is -0.602. The van der Waals surface area contributed by atoms with Crippen molar-refractivity contribution in [1.82, 2.24) is 0 Å². The van der Waals surface area contributed by atoms with Crippen LogP contribution in [0.15, 0.2) is 42.5 Å². The van der Waals surface area contributed by atoms with Crippen molar-refractivity contribution in [3.8, 4) is 5.75 Å². The molecule has 2 aromatic carbocycles. The van der Waals surface area contributed by atoms with E-state index in [4.69, 9.17) is 14.6 Å². The molecule has 0 heterocycles. The molecule has 0 aliphatic rings. The topological polar surface area (TPSA) is 55.8 Å². The molecule has 0 aliphatic heterocycles. The first-order valence-corrected chi connectivity index (χ1v) is 6.33. The summed E-state index contributed by atoms with van der Waals surface area (Å²) >= 11 is 0. The Morgan fingerprint density at radius 1 is 1.19 bits per heavy atom. The van der Waals surface area contributed by atoms with E-state index in [9.17, 15) is 9.18 Å². The fourth-order valence-electron chi connectivity index (χ4n) is 1.84. The third-order valence-corrected chi connectivity index (χ3v) is 2.99. The summed E-state index contributed by atoms with van der Waals surface area (Å²) in [5.41, 5.74) is 1.17. The summed E-state index contributed by atoms with van der Waals surface area (Å²) in [6, 6.07) is 10.7. The zero-order valence-electron chi connectivity index (χ0n) is 11.5. The van der Waals surface area contributed by atoms with Crippen molar-refractivity contribution in [3.63, 3.8) is 0 Å². The molecule has 0 aliphatic carbocycles. The van der Waals surface area contributed by atoms with Gasteiger partial charge in [-0.1, -0.05) is 12.1 Å². The van der Waals surface area contributed by atoms with Crippen molar-refractivity contribution >= 4 is 5.97 Å². The molecule has 0 spiro atoms. The second kappa shape index (κ2) is 6.85. The van der Waals surface area contributed by atoms with E-state index < -0.39 is 18.4 Å². The average Bonchev–Trinajstić information content (AvgIpc) is 2.52. The van der Waals surface area contributed by atoms with Gasteiger partial charge in [0.15, 0.2) is 0 Å². The van der Waals surface area contributed by atoms with Crippen LogP contribution in [0.25, 0.3) is 0 Å². The van der Waals surface area contributed by atoms with Crippen LogP contribution in [0.4, 0.5) is 4.39 Å². The summed E-state index contributed by atoms with van der Waals surface area (Å²) in [5.74, 6) is -0.396. The van der Waals surface area contributed by atoms with Crippen LogP contribution in [-0.4, -0.2) is 18.2 Å². The fourth-order valence-corrected chi connectivity index (χ4v) is 1.84. The van der Waals surface area contributed by atoms with Crippen molar-refractivity contribution < 1.29 is 23.8 Å². The molecule has 0 aromatic heterocycles. The highest BCUT2D eigenvalue weighted by molar-refractivity contribution is 5.91. The Balaban J connectivity index is 2.04. The van der Waals surface area contributed by atoms with Gasteiger partial charge < -0.3 is 14.6 Å². The van der Waals surface area contributed by atoms with Crippen molar-refractivity contribution in [1.29, 1.82) is 0 Å². The van der Waals surface area contributed by atoms with E-state index in [1.54, 1.807) is 31.4 Å². The highest BCUT2D eigenvalue weighted by atomic mass is 19.1. The summed E-state index contributed by atoms with van der Waals surface area (Å²) in [4.78, 5) is 12.0. The van der Waals surface area contributed by atoms with E-state index in [-0.39, 0.29) is 17.7 Å². The first kappa shape index (κ1) is 15.0. The summed E-state index contributed by atoms with van der Waals surface area (Å²) in [6.45, 7) is -0.337. The number of esters is 1. The third kappa shape index (κ3) is 3.79. The largest absolute Gasteiger partial charge is 0.497 e. The lowest BCUT2D eigenvalue weighted by Crippen LogP contribution is -2.09. The molecule has 5 heteroatoms. The van der Waals surface area contributed by atoms with E-state index in [0.717, 1.165) is 17.7 Å². The molecule has 21 heavy (non-hydrogen) atoms. The second-order valence-electron chi connectivity index (χ2n) is 4.38. The number of hydrogen-bond acceptors (Lipinski definition) is 4. The number of ether oxygens (including phenoxy) is 2. The predicted molar refractivity (Wildman–Crippen MR) is 74.4 cm³/mol. The number of aliphatic hydroxyl groups excluding tert-OH is 1. The molecule has 0 saturated carbocycles. The monoisotopic (exact) mass is 290 g/mol. The van der Waals surface area contributed by atoms with Gasteiger partial charge in [0.25, 0.3) is 0 Å². The summed E-state index contributed by atoms with van der Waals surface area (Å²) < 4.78 is 23.2. The van der Waals surface area contributed by atoms with Crippen LogP contribution >= 0.6 is 0 Å². The third-order valence-electron chi connectivity index (χ3n) is 2.99. The molecule has 110 valence electrons. The normalized spacial score (nSPS) is 10.2. The SMILES string of the molecule is COc1ccc(COC(=O)c2ccc(F)cc2CO)cc1. The van der Waals surface area contributed by atoms with Crippen LogP contribution in [0.1, 0.15) is 21.5 Å². The Labute approximate surface area is 121 Å². The molecule has 0 saturated heterocycles. The standard InChI is InChI=1S/C16H15FO4/c1-20-14-5-2-11(3-6-14)10-21-16(19)15-7-4-13(17)8-12(15)9-18/h2-8,18H,9-10H2,1H3. The lowest BCUT2D eigenvalue weighted by molar-refractivity contribution is 0.0469. The number of carbonyl (C=O) groups excluding carboxylic acids is 1. The number of aliphatic hydroxyl groups is 1. The second-order valence-corrected chi connectivity index (χ2v) is 4.38. The number of benzene rings is 2. The van der Waals surface area contributed by atoms with Gasteiger partial charge in [-0.3, -0.25) is 0 Å². The molecule has 0 fully saturated rings. The van der Waals surface area contributed by atoms with Crippen LogP contribution in [0.5, 0.6) is 5.75 Å². The van der Waals surface area contributed by atoms with Crippen LogP contribution in [0.2, 0.25) is 0 Å². The van der Waals surface area contributed by atoms with Crippen LogP contribution in [-0.2, 0) is 18.0 Å². The minimum Gasteiger partial charge on any atom is -0.497 e. The molecule has 2 aromatic rings. The summed E-state index contributed by atoms with van der Waals surface area (Å²) in [6.07, 6.45) is 0. The lowest BCUT2D eigenvalue weighted by Gasteiger charge is -2.09. The average molecular weight is 290 g/mol. The van der Waals surface area contributed by atoms with E-state index in [2.05, 4.69) is 0 Å². The first-order chi connectivity index (χ1) is 10.1. The molecule has 0 unspecified atom stereocenters. The molecule has 0 radical (unpaired) electrons. The van der Waals surface area contributed by atoms with Gasteiger partial charge in [0, 0.05) is 0 Å². The Morgan fingerprint density at radius 2 is 1.90 bits per heavy atom. The lowest BCUT2D eigenvalue weighted by atomic mass is 10.1.